The number of furan rings is 1. The number of hydrogen-bond donors (Lipinski definition) is 0. The molecule has 0 bridgehead atoms. The van der Waals surface area contributed by atoms with Gasteiger partial charge in [-0.15, -0.1) is 0 Å². The molecule has 0 unspecified atom stereocenters. The summed E-state index contributed by atoms with van der Waals surface area (Å²) < 4.78 is 6.71. The minimum Gasteiger partial charge on any atom is -0.457 e. The second-order valence-corrected chi connectivity index (χ2v) is 6.38. The molecule has 0 saturated heterocycles. The summed E-state index contributed by atoms with van der Waals surface area (Å²) in [6, 6.07) is 13.0. The van der Waals surface area contributed by atoms with Crippen LogP contribution in [0.5, 0.6) is 0 Å². The summed E-state index contributed by atoms with van der Waals surface area (Å²) in [6.45, 7) is 1.59. The van der Waals surface area contributed by atoms with E-state index in [-0.39, 0.29) is 11.1 Å². The molecule has 5 nitrogen and oxygen atoms in total. The molecule has 3 rings (SSSR count). The van der Waals surface area contributed by atoms with Crippen LogP contribution in [0.2, 0.25) is 0 Å². The summed E-state index contributed by atoms with van der Waals surface area (Å²) in [7, 11) is 1.36. The number of rotatable bonds is 2. The van der Waals surface area contributed by atoms with E-state index >= 15 is 0 Å². The highest BCUT2D eigenvalue weighted by Gasteiger charge is 2.33. The van der Waals surface area contributed by atoms with Crippen LogP contribution in [0.15, 0.2) is 62.0 Å². The van der Waals surface area contributed by atoms with Crippen LogP contribution in [0, 0.1) is 11.3 Å². The Hall–Kier alpha value is -2.91. The van der Waals surface area contributed by atoms with Crippen LogP contribution in [-0.2, 0) is 9.59 Å². The fourth-order valence-electron chi connectivity index (χ4n) is 2.58. The first-order valence-corrected chi connectivity index (χ1v) is 8.23. The van der Waals surface area contributed by atoms with Gasteiger partial charge in [0.05, 0.1) is 0 Å². The summed E-state index contributed by atoms with van der Waals surface area (Å²) >= 11 is 3.47. The number of imide groups is 1. The molecule has 1 aliphatic heterocycles. The van der Waals surface area contributed by atoms with Crippen LogP contribution >= 0.6 is 15.9 Å². The fraction of sp³-hybridized carbons (Fsp3) is 0.105. The number of carbonyl (C=O) groups excluding carboxylic acids is 2. The van der Waals surface area contributed by atoms with E-state index in [1.807, 2.05) is 30.3 Å². The molecule has 0 atom stereocenters. The Balaban J connectivity index is 2.05. The summed E-state index contributed by atoms with van der Waals surface area (Å²) in [5.74, 6) is 0.0680. The topological polar surface area (TPSA) is 74.3 Å². The van der Waals surface area contributed by atoms with E-state index < -0.39 is 11.8 Å². The van der Waals surface area contributed by atoms with Crippen molar-refractivity contribution in [3.63, 3.8) is 0 Å². The summed E-state index contributed by atoms with van der Waals surface area (Å²) in [5.41, 5.74) is 1.48. The summed E-state index contributed by atoms with van der Waals surface area (Å²) in [6.07, 6.45) is 1.55. The third-order valence-electron chi connectivity index (χ3n) is 4.00. The van der Waals surface area contributed by atoms with Gasteiger partial charge in [0, 0.05) is 22.7 Å². The van der Waals surface area contributed by atoms with Gasteiger partial charge < -0.3 is 4.42 Å². The van der Waals surface area contributed by atoms with Crippen LogP contribution in [0.1, 0.15) is 12.7 Å². The molecule has 1 aliphatic rings. The van der Waals surface area contributed by atoms with Gasteiger partial charge in [0.1, 0.15) is 23.2 Å². The normalized spacial score (nSPS) is 16.6. The predicted molar refractivity (Wildman–Crippen MR) is 95.9 cm³/mol. The van der Waals surface area contributed by atoms with Gasteiger partial charge in [-0.2, -0.15) is 5.26 Å². The van der Waals surface area contributed by atoms with Crippen LogP contribution in [0.4, 0.5) is 0 Å². The first kappa shape index (κ1) is 16.9. The van der Waals surface area contributed by atoms with Crippen LogP contribution < -0.4 is 0 Å². The molecule has 0 saturated carbocycles. The van der Waals surface area contributed by atoms with Gasteiger partial charge in [0.2, 0.25) is 0 Å². The Kier molecular flexibility index (Phi) is 4.43. The second kappa shape index (κ2) is 6.54. The third-order valence-corrected chi connectivity index (χ3v) is 4.69. The van der Waals surface area contributed by atoms with Crippen molar-refractivity contribution < 1.29 is 14.0 Å². The van der Waals surface area contributed by atoms with Gasteiger partial charge in [-0.25, -0.2) is 0 Å². The molecule has 0 radical (unpaired) electrons. The molecule has 124 valence electrons. The molecule has 25 heavy (non-hydrogen) atoms. The Bertz CT molecular complexity index is 992. The molecule has 0 N–H and O–H groups in total. The number of hydrogen-bond acceptors (Lipinski definition) is 4. The lowest BCUT2D eigenvalue weighted by atomic mass is 9.95. The van der Waals surface area contributed by atoms with E-state index in [9.17, 15) is 14.9 Å². The third kappa shape index (κ3) is 2.94. The zero-order valence-electron chi connectivity index (χ0n) is 13.5. The lowest BCUT2D eigenvalue weighted by Crippen LogP contribution is -2.39. The molecule has 2 heterocycles. The zero-order valence-corrected chi connectivity index (χ0v) is 15.1. The minimum atomic E-state index is -0.587. The largest absolute Gasteiger partial charge is 0.457 e. The first-order valence-electron chi connectivity index (χ1n) is 7.44. The highest BCUT2D eigenvalue weighted by atomic mass is 79.9. The molecular weight excluding hydrogens is 384 g/mol. The first-order chi connectivity index (χ1) is 11.9. The van der Waals surface area contributed by atoms with Gasteiger partial charge in [-0.3, -0.25) is 14.5 Å². The standard InChI is InChI=1S/C19H13BrN2O3/c1-11-14(18(23)22(2)19(24)15(11)10-21)9-12-7-8-17(25-12)13-5-3-4-6-16(13)20/h3-9H,1-2H3/b14-9+. The molecule has 0 spiro atoms. The number of nitriles is 1. The van der Waals surface area contributed by atoms with Crippen molar-refractivity contribution in [3.05, 3.63) is 63.4 Å². The van der Waals surface area contributed by atoms with Crippen molar-refractivity contribution >= 4 is 33.8 Å². The Labute approximate surface area is 153 Å². The highest BCUT2D eigenvalue weighted by Crippen LogP contribution is 2.31. The molecule has 0 aliphatic carbocycles. The van der Waals surface area contributed by atoms with Gasteiger partial charge in [-0.05, 0) is 36.8 Å². The maximum absolute atomic E-state index is 12.4. The maximum atomic E-state index is 12.4. The molecule has 2 aromatic rings. The minimum absolute atomic E-state index is 0.0362. The van der Waals surface area contributed by atoms with E-state index in [0.29, 0.717) is 17.1 Å². The molecular formula is C19H13BrN2O3. The highest BCUT2D eigenvalue weighted by molar-refractivity contribution is 9.10. The van der Waals surface area contributed by atoms with Crippen molar-refractivity contribution in [1.29, 1.82) is 5.26 Å². The van der Waals surface area contributed by atoms with Crippen LogP contribution in [-0.4, -0.2) is 23.8 Å². The van der Waals surface area contributed by atoms with E-state index in [1.165, 1.54) is 7.05 Å². The second-order valence-electron chi connectivity index (χ2n) is 5.52. The predicted octanol–water partition coefficient (Wildman–Crippen LogP) is 3.93. The van der Waals surface area contributed by atoms with Crippen molar-refractivity contribution in [2.75, 3.05) is 7.05 Å². The monoisotopic (exact) mass is 396 g/mol. The van der Waals surface area contributed by atoms with E-state index in [4.69, 9.17) is 4.42 Å². The maximum Gasteiger partial charge on any atom is 0.271 e. The average Bonchev–Trinajstić information content (AvgIpc) is 3.06. The Morgan fingerprint density at radius 1 is 1.16 bits per heavy atom. The molecule has 1 aromatic carbocycles. The van der Waals surface area contributed by atoms with Crippen LogP contribution in [0.3, 0.4) is 0 Å². The number of benzene rings is 1. The van der Waals surface area contributed by atoms with E-state index in [0.717, 1.165) is 14.9 Å². The van der Waals surface area contributed by atoms with Gasteiger partial charge in [0.25, 0.3) is 11.8 Å². The van der Waals surface area contributed by atoms with Crippen molar-refractivity contribution in [2.24, 2.45) is 0 Å². The van der Waals surface area contributed by atoms with E-state index in [1.54, 1.807) is 25.1 Å². The zero-order chi connectivity index (χ0) is 18.1. The average molecular weight is 397 g/mol. The molecule has 2 amide bonds. The molecule has 6 heteroatoms. The molecule has 0 fully saturated rings. The van der Waals surface area contributed by atoms with Crippen molar-refractivity contribution in [2.45, 2.75) is 6.92 Å². The quantitative estimate of drug-likeness (QED) is 0.569. The Morgan fingerprint density at radius 2 is 1.88 bits per heavy atom. The molecule has 1 aromatic heterocycles. The van der Waals surface area contributed by atoms with Gasteiger partial charge in [0.15, 0.2) is 0 Å². The SMILES string of the molecule is CC1=C(C#N)C(=O)N(C)C(=O)/C1=C/c1ccc(-c2ccccc2Br)o1. The van der Waals surface area contributed by atoms with Crippen LogP contribution in [0.25, 0.3) is 17.4 Å². The number of amides is 2. The van der Waals surface area contributed by atoms with Crippen molar-refractivity contribution in [1.82, 2.24) is 4.90 Å². The lowest BCUT2D eigenvalue weighted by Gasteiger charge is -2.23. The number of carbonyl (C=O) groups is 2. The van der Waals surface area contributed by atoms with Gasteiger partial charge >= 0.3 is 0 Å². The summed E-state index contributed by atoms with van der Waals surface area (Å²) in [4.78, 5) is 25.3. The van der Waals surface area contributed by atoms with E-state index in [2.05, 4.69) is 15.9 Å². The Morgan fingerprint density at radius 3 is 2.56 bits per heavy atom. The van der Waals surface area contributed by atoms with Crippen molar-refractivity contribution in [3.8, 4) is 17.4 Å². The number of likely N-dealkylation sites (N-methyl/N-ethyl adjacent to an activating group) is 1. The lowest BCUT2D eigenvalue weighted by molar-refractivity contribution is -0.138. The van der Waals surface area contributed by atoms with Gasteiger partial charge in [-0.1, -0.05) is 34.1 Å². The fourth-order valence-corrected chi connectivity index (χ4v) is 3.06. The number of halogens is 1. The summed E-state index contributed by atoms with van der Waals surface area (Å²) in [5, 5.41) is 9.18. The number of nitrogens with zero attached hydrogens (tertiary/aromatic N) is 2. The smallest absolute Gasteiger partial charge is 0.271 e.